The summed E-state index contributed by atoms with van der Waals surface area (Å²) in [5, 5.41) is 0. The van der Waals surface area contributed by atoms with E-state index < -0.39 is 0 Å². The molecule has 0 fully saturated rings. The Bertz CT molecular complexity index is 792. The van der Waals surface area contributed by atoms with Crippen molar-refractivity contribution in [2.24, 2.45) is 11.8 Å². The minimum absolute atomic E-state index is 0.0254. The molecule has 168 valence electrons. The van der Waals surface area contributed by atoms with Gasteiger partial charge in [0.25, 0.3) is 0 Å². The van der Waals surface area contributed by atoms with Gasteiger partial charge in [0.2, 0.25) is 0 Å². The van der Waals surface area contributed by atoms with Crippen LogP contribution in [0.3, 0.4) is 0 Å². The van der Waals surface area contributed by atoms with Crippen molar-refractivity contribution in [3.8, 4) is 5.75 Å². The second-order valence-corrected chi connectivity index (χ2v) is 11.2. The van der Waals surface area contributed by atoms with Crippen molar-refractivity contribution >= 4 is 11.9 Å². The van der Waals surface area contributed by atoms with Crippen molar-refractivity contribution in [2.75, 3.05) is 0 Å². The number of fused-ring (bicyclic) bond motifs is 1. The monoisotopic (exact) mass is 416 g/mol. The number of esters is 2. The fraction of sp³-hybridized carbons (Fsp3) is 0.692. The van der Waals surface area contributed by atoms with Gasteiger partial charge in [0.1, 0.15) is 5.75 Å². The standard InChI is InChI=1S/C26H40O4/c1-15(2)19(12-11-16(3)29-17(4)27)22-20-13-18(25(5,6)7)14-21(26(8,9)10)23(20)30-24(22)28/h13-16,19,22H,11-12H2,1-10H3. The van der Waals surface area contributed by atoms with Gasteiger partial charge in [0.05, 0.1) is 12.0 Å². The van der Waals surface area contributed by atoms with E-state index in [-0.39, 0.29) is 40.7 Å². The van der Waals surface area contributed by atoms with Crippen LogP contribution in [-0.2, 0) is 25.2 Å². The molecule has 1 aromatic rings. The normalized spacial score (nSPS) is 18.8. The molecule has 0 aliphatic carbocycles. The fourth-order valence-corrected chi connectivity index (χ4v) is 4.34. The molecule has 0 radical (unpaired) electrons. The number of ether oxygens (including phenoxy) is 2. The Morgan fingerprint density at radius 3 is 2.10 bits per heavy atom. The van der Waals surface area contributed by atoms with E-state index in [4.69, 9.17) is 9.47 Å². The van der Waals surface area contributed by atoms with Crippen LogP contribution in [0.2, 0.25) is 0 Å². The minimum Gasteiger partial charge on any atom is -0.463 e. The zero-order chi connectivity index (χ0) is 23.0. The number of hydrogen-bond acceptors (Lipinski definition) is 4. The van der Waals surface area contributed by atoms with Crippen LogP contribution in [-0.4, -0.2) is 18.0 Å². The van der Waals surface area contributed by atoms with Gasteiger partial charge in [-0.3, -0.25) is 9.59 Å². The van der Waals surface area contributed by atoms with Crippen LogP contribution in [0.5, 0.6) is 5.75 Å². The van der Waals surface area contributed by atoms with Crippen molar-refractivity contribution in [3.05, 3.63) is 28.8 Å². The van der Waals surface area contributed by atoms with Gasteiger partial charge < -0.3 is 9.47 Å². The van der Waals surface area contributed by atoms with E-state index in [0.717, 1.165) is 29.7 Å². The summed E-state index contributed by atoms with van der Waals surface area (Å²) in [5.41, 5.74) is 3.19. The van der Waals surface area contributed by atoms with Crippen molar-refractivity contribution in [2.45, 2.75) is 105 Å². The highest BCUT2D eigenvalue weighted by Gasteiger charge is 2.43. The molecule has 0 amide bonds. The smallest absolute Gasteiger partial charge is 0.319 e. The summed E-state index contributed by atoms with van der Waals surface area (Å²) in [6.07, 6.45) is 1.37. The van der Waals surface area contributed by atoms with Gasteiger partial charge in [-0.25, -0.2) is 0 Å². The molecule has 0 N–H and O–H groups in total. The molecular weight excluding hydrogens is 376 g/mol. The van der Waals surface area contributed by atoms with Crippen LogP contribution in [0.4, 0.5) is 0 Å². The zero-order valence-corrected chi connectivity index (χ0v) is 20.5. The molecule has 1 aliphatic rings. The molecule has 0 saturated heterocycles. The lowest BCUT2D eigenvalue weighted by atomic mass is 9.73. The maximum Gasteiger partial charge on any atom is 0.319 e. The first kappa shape index (κ1) is 24.4. The summed E-state index contributed by atoms with van der Waals surface area (Å²) in [6.45, 7) is 20.8. The van der Waals surface area contributed by atoms with E-state index in [1.165, 1.54) is 12.5 Å². The van der Waals surface area contributed by atoms with Crippen molar-refractivity contribution in [1.82, 2.24) is 0 Å². The molecule has 0 bridgehead atoms. The SMILES string of the molecule is CC(=O)OC(C)CCC(C(C)C)C1C(=O)Oc2c1cc(C(C)(C)C)cc2C(C)(C)C. The van der Waals surface area contributed by atoms with Gasteiger partial charge >= 0.3 is 11.9 Å². The molecule has 1 aromatic carbocycles. The molecule has 1 aliphatic heterocycles. The molecule has 0 saturated carbocycles. The lowest BCUT2D eigenvalue weighted by Crippen LogP contribution is -2.26. The average molecular weight is 417 g/mol. The molecule has 1 heterocycles. The molecule has 30 heavy (non-hydrogen) atoms. The number of hydrogen-bond donors (Lipinski definition) is 0. The topological polar surface area (TPSA) is 52.6 Å². The predicted molar refractivity (Wildman–Crippen MR) is 121 cm³/mol. The third-order valence-corrected chi connectivity index (χ3v) is 6.14. The van der Waals surface area contributed by atoms with Crippen LogP contribution in [0.1, 0.15) is 105 Å². The highest BCUT2D eigenvalue weighted by atomic mass is 16.5. The first-order valence-electron chi connectivity index (χ1n) is 11.2. The van der Waals surface area contributed by atoms with Gasteiger partial charge in [-0.05, 0) is 48.0 Å². The lowest BCUT2D eigenvalue weighted by Gasteiger charge is -2.29. The molecule has 0 aromatic heterocycles. The summed E-state index contributed by atoms with van der Waals surface area (Å²) in [6, 6.07) is 4.40. The molecule has 0 spiro atoms. The Kier molecular flexibility index (Phi) is 7.10. The molecule has 4 heteroatoms. The average Bonchev–Trinajstić information content (AvgIpc) is 2.87. The predicted octanol–water partition coefficient (Wildman–Crippen LogP) is 6.29. The van der Waals surface area contributed by atoms with E-state index in [0.29, 0.717) is 5.92 Å². The Morgan fingerprint density at radius 2 is 1.63 bits per heavy atom. The third kappa shape index (κ3) is 5.44. The Balaban J connectivity index is 2.50. The van der Waals surface area contributed by atoms with E-state index in [2.05, 4.69) is 67.5 Å². The molecule has 4 nitrogen and oxygen atoms in total. The van der Waals surface area contributed by atoms with E-state index in [9.17, 15) is 9.59 Å². The van der Waals surface area contributed by atoms with Crippen LogP contribution in [0.15, 0.2) is 12.1 Å². The third-order valence-electron chi connectivity index (χ3n) is 6.14. The molecule has 2 rings (SSSR count). The quantitative estimate of drug-likeness (QED) is 0.404. The first-order chi connectivity index (χ1) is 13.6. The second kappa shape index (κ2) is 8.72. The van der Waals surface area contributed by atoms with E-state index in [1.807, 2.05) is 6.92 Å². The van der Waals surface area contributed by atoms with Crippen LogP contribution < -0.4 is 4.74 Å². The Labute approximate surface area is 182 Å². The van der Waals surface area contributed by atoms with Crippen molar-refractivity contribution in [1.29, 1.82) is 0 Å². The van der Waals surface area contributed by atoms with E-state index in [1.54, 1.807) is 0 Å². The summed E-state index contributed by atoms with van der Waals surface area (Å²) in [5.74, 6) is 0.477. The number of carbonyl (C=O) groups excluding carboxylic acids is 2. The van der Waals surface area contributed by atoms with Gasteiger partial charge in [0, 0.05) is 18.1 Å². The van der Waals surface area contributed by atoms with E-state index >= 15 is 0 Å². The molecule has 3 unspecified atom stereocenters. The Hall–Kier alpha value is -1.84. The van der Waals surface area contributed by atoms with Gasteiger partial charge in [-0.15, -0.1) is 0 Å². The highest BCUT2D eigenvalue weighted by molar-refractivity contribution is 5.87. The highest BCUT2D eigenvalue weighted by Crippen LogP contribution is 2.49. The molecule has 3 atom stereocenters. The van der Waals surface area contributed by atoms with Crippen LogP contribution in [0.25, 0.3) is 0 Å². The number of rotatable bonds is 6. The fourth-order valence-electron chi connectivity index (χ4n) is 4.34. The van der Waals surface area contributed by atoms with Gasteiger partial charge in [-0.2, -0.15) is 0 Å². The minimum atomic E-state index is -0.284. The summed E-state index contributed by atoms with van der Waals surface area (Å²) in [7, 11) is 0. The maximum absolute atomic E-state index is 13.1. The second-order valence-electron chi connectivity index (χ2n) is 11.2. The first-order valence-corrected chi connectivity index (χ1v) is 11.2. The van der Waals surface area contributed by atoms with Crippen LogP contribution in [0, 0.1) is 11.8 Å². The number of carbonyl (C=O) groups is 2. The Morgan fingerprint density at radius 1 is 1.03 bits per heavy atom. The summed E-state index contributed by atoms with van der Waals surface area (Å²) < 4.78 is 11.2. The maximum atomic E-state index is 13.1. The largest absolute Gasteiger partial charge is 0.463 e. The van der Waals surface area contributed by atoms with Gasteiger partial charge in [0.15, 0.2) is 0 Å². The van der Waals surface area contributed by atoms with Crippen LogP contribution >= 0.6 is 0 Å². The number of benzene rings is 1. The summed E-state index contributed by atoms with van der Waals surface area (Å²) >= 11 is 0. The summed E-state index contributed by atoms with van der Waals surface area (Å²) in [4.78, 5) is 24.4. The zero-order valence-electron chi connectivity index (χ0n) is 20.5. The molecular formula is C26H40O4. The lowest BCUT2D eigenvalue weighted by molar-refractivity contribution is -0.146. The van der Waals surface area contributed by atoms with Gasteiger partial charge in [-0.1, -0.05) is 67.5 Å². The van der Waals surface area contributed by atoms with Crippen molar-refractivity contribution in [3.63, 3.8) is 0 Å². The van der Waals surface area contributed by atoms with Crippen molar-refractivity contribution < 1.29 is 19.1 Å².